The van der Waals surface area contributed by atoms with E-state index in [-0.39, 0.29) is 17.8 Å². The minimum Gasteiger partial charge on any atom is -0.390 e. The number of benzene rings is 2. The molecule has 0 radical (unpaired) electrons. The summed E-state index contributed by atoms with van der Waals surface area (Å²) in [6, 6.07) is 16.2. The van der Waals surface area contributed by atoms with Crippen molar-refractivity contribution in [1.29, 1.82) is 0 Å². The Morgan fingerprint density at radius 1 is 1.24 bits per heavy atom. The summed E-state index contributed by atoms with van der Waals surface area (Å²) in [6.45, 7) is 2.86. The van der Waals surface area contributed by atoms with Gasteiger partial charge in [-0.2, -0.15) is 0 Å². The lowest BCUT2D eigenvalue weighted by atomic mass is 10.0. The van der Waals surface area contributed by atoms with E-state index in [0.29, 0.717) is 31.6 Å². The highest BCUT2D eigenvalue weighted by molar-refractivity contribution is 6.01. The Morgan fingerprint density at radius 2 is 2.04 bits per heavy atom. The van der Waals surface area contributed by atoms with Crippen LogP contribution in [0.5, 0.6) is 0 Å². The Morgan fingerprint density at radius 3 is 2.76 bits per heavy atom. The van der Waals surface area contributed by atoms with Gasteiger partial charge in [-0.15, -0.1) is 0 Å². The largest absolute Gasteiger partial charge is 0.390 e. The van der Waals surface area contributed by atoms with Crippen molar-refractivity contribution >= 4 is 11.6 Å². The lowest BCUT2D eigenvalue weighted by Gasteiger charge is -2.24. The normalized spacial score (nSPS) is 16.2. The van der Waals surface area contributed by atoms with E-state index < -0.39 is 0 Å². The summed E-state index contributed by atoms with van der Waals surface area (Å²) in [5.74, 6) is -0.220. The molecule has 1 aliphatic rings. The van der Waals surface area contributed by atoms with Crippen molar-refractivity contribution in [3.05, 3.63) is 71.5 Å². The van der Waals surface area contributed by atoms with Crippen molar-refractivity contribution in [3.63, 3.8) is 0 Å². The van der Waals surface area contributed by atoms with E-state index in [9.17, 15) is 9.18 Å². The van der Waals surface area contributed by atoms with Crippen LogP contribution >= 0.6 is 0 Å². The van der Waals surface area contributed by atoms with Gasteiger partial charge >= 0.3 is 0 Å². The first-order valence-corrected chi connectivity index (χ1v) is 8.46. The Balaban J connectivity index is 1.64. The molecule has 1 aliphatic heterocycles. The average Bonchev–Trinajstić information content (AvgIpc) is 3.10. The van der Waals surface area contributed by atoms with Crippen LogP contribution in [-0.2, 0) is 16.2 Å². The topological polar surface area (TPSA) is 41.9 Å². The summed E-state index contributed by atoms with van der Waals surface area (Å²) in [5.41, 5.74) is 2.51. The van der Waals surface area contributed by atoms with E-state index in [1.54, 1.807) is 11.0 Å². The molecule has 1 heterocycles. The number of halogens is 1. The molecule has 0 aliphatic carbocycles. The van der Waals surface area contributed by atoms with Crippen LogP contribution < -0.4 is 0 Å². The quantitative estimate of drug-likeness (QED) is 0.803. The highest BCUT2D eigenvalue weighted by atomic mass is 19.1. The lowest BCUT2D eigenvalue weighted by molar-refractivity contribution is -0.133. The monoisotopic (exact) mass is 340 g/mol. The SMILES string of the molecule is CCC(=O)N(Cc1ccccc1)CC1CC(c2cccc(F)c2)=NO1. The standard InChI is InChI=1S/C20H21FN2O2/c1-2-20(24)23(13-15-7-4-3-5-8-15)14-18-12-19(22-25-18)16-9-6-10-17(21)11-16/h3-11,18H,2,12-14H2,1H3. The van der Waals surface area contributed by atoms with Gasteiger partial charge in [-0.1, -0.05) is 54.5 Å². The third-order valence-corrected chi connectivity index (χ3v) is 4.19. The molecule has 5 heteroatoms. The van der Waals surface area contributed by atoms with Gasteiger partial charge in [0, 0.05) is 24.9 Å². The zero-order chi connectivity index (χ0) is 17.6. The third kappa shape index (κ3) is 4.44. The minimum atomic E-state index is -0.296. The third-order valence-electron chi connectivity index (χ3n) is 4.19. The Hall–Kier alpha value is -2.69. The van der Waals surface area contributed by atoms with Crippen molar-refractivity contribution in [2.45, 2.75) is 32.4 Å². The van der Waals surface area contributed by atoms with Crippen LogP contribution in [0, 0.1) is 5.82 Å². The number of carbonyl (C=O) groups is 1. The molecule has 2 aromatic carbocycles. The van der Waals surface area contributed by atoms with Gasteiger partial charge in [0.2, 0.25) is 5.91 Å². The summed E-state index contributed by atoms with van der Waals surface area (Å²) in [4.78, 5) is 19.6. The first kappa shape index (κ1) is 17.1. The molecule has 1 unspecified atom stereocenters. The molecule has 3 rings (SSSR count). The average molecular weight is 340 g/mol. The summed E-state index contributed by atoms with van der Waals surface area (Å²) < 4.78 is 13.4. The number of carbonyl (C=O) groups excluding carboxylic acids is 1. The molecule has 1 amide bonds. The van der Waals surface area contributed by atoms with Crippen molar-refractivity contribution in [1.82, 2.24) is 4.90 Å². The number of nitrogens with zero attached hydrogens (tertiary/aromatic N) is 2. The first-order valence-electron chi connectivity index (χ1n) is 8.46. The fourth-order valence-electron chi connectivity index (χ4n) is 2.89. The van der Waals surface area contributed by atoms with Gasteiger partial charge in [-0.3, -0.25) is 4.79 Å². The molecular weight excluding hydrogens is 319 g/mol. The summed E-state index contributed by atoms with van der Waals surface area (Å²) in [6.07, 6.45) is 0.792. The molecule has 0 fully saturated rings. The Kier molecular flexibility index (Phi) is 5.43. The van der Waals surface area contributed by atoms with Gasteiger partial charge in [-0.25, -0.2) is 4.39 Å². The van der Waals surface area contributed by atoms with Gasteiger partial charge in [0.25, 0.3) is 0 Å². The van der Waals surface area contributed by atoms with Crippen molar-refractivity contribution < 1.29 is 14.0 Å². The maximum Gasteiger partial charge on any atom is 0.222 e. The molecule has 2 aromatic rings. The second-order valence-corrected chi connectivity index (χ2v) is 6.09. The van der Waals surface area contributed by atoms with E-state index >= 15 is 0 Å². The van der Waals surface area contributed by atoms with Crippen LogP contribution in [0.15, 0.2) is 59.8 Å². The van der Waals surface area contributed by atoms with Gasteiger partial charge in [0.15, 0.2) is 6.10 Å². The fraction of sp³-hybridized carbons (Fsp3) is 0.300. The van der Waals surface area contributed by atoms with Gasteiger partial charge in [0.05, 0.1) is 12.3 Å². The van der Waals surface area contributed by atoms with E-state index in [2.05, 4.69) is 5.16 Å². The van der Waals surface area contributed by atoms with Crippen LogP contribution in [0.3, 0.4) is 0 Å². The number of oxime groups is 1. The molecular formula is C20H21FN2O2. The predicted octanol–water partition coefficient (Wildman–Crippen LogP) is 3.76. The molecule has 25 heavy (non-hydrogen) atoms. The zero-order valence-electron chi connectivity index (χ0n) is 14.2. The highest BCUT2D eigenvalue weighted by Gasteiger charge is 2.26. The highest BCUT2D eigenvalue weighted by Crippen LogP contribution is 2.19. The van der Waals surface area contributed by atoms with E-state index in [0.717, 1.165) is 11.1 Å². The van der Waals surface area contributed by atoms with E-state index in [1.165, 1.54) is 12.1 Å². The molecule has 0 saturated carbocycles. The smallest absolute Gasteiger partial charge is 0.222 e. The fourth-order valence-corrected chi connectivity index (χ4v) is 2.89. The number of hydrogen-bond donors (Lipinski definition) is 0. The summed E-state index contributed by atoms with van der Waals surface area (Å²) >= 11 is 0. The van der Waals surface area contributed by atoms with Crippen molar-refractivity contribution in [2.24, 2.45) is 5.16 Å². The number of hydrogen-bond acceptors (Lipinski definition) is 3. The second kappa shape index (κ2) is 7.92. The Labute approximate surface area is 146 Å². The van der Waals surface area contributed by atoms with E-state index in [1.807, 2.05) is 43.3 Å². The number of rotatable bonds is 6. The maximum atomic E-state index is 13.4. The summed E-state index contributed by atoms with van der Waals surface area (Å²) in [7, 11) is 0. The van der Waals surface area contributed by atoms with Crippen LogP contribution in [-0.4, -0.2) is 29.2 Å². The maximum absolute atomic E-state index is 13.4. The number of amides is 1. The molecule has 1 atom stereocenters. The molecule has 0 bridgehead atoms. The molecule has 0 saturated heterocycles. The van der Waals surface area contributed by atoms with Crippen LogP contribution in [0.4, 0.5) is 4.39 Å². The van der Waals surface area contributed by atoms with Gasteiger partial charge in [-0.05, 0) is 17.7 Å². The Bertz CT molecular complexity index is 761. The molecule has 130 valence electrons. The van der Waals surface area contributed by atoms with Crippen molar-refractivity contribution in [3.8, 4) is 0 Å². The van der Waals surface area contributed by atoms with Gasteiger partial charge < -0.3 is 9.74 Å². The second-order valence-electron chi connectivity index (χ2n) is 6.09. The van der Waals surface area contributed by atoms with Crippen molar-refractivity contribution in [2.75, 3.05) is 6.54 Å². The molecule has 0 N–H and O–H groups in total. The predicted molar refractivity (Wildman–Crippen MR) is 94.6 cm³/mol. The summed E-state index contributed by atoms with van der Waals surface area (Å²) in [5, 5.41) is 4.09. The lowest BCUT2D eigenvalue weighted by Crippen LogP contribution is -2.36. The minimum absolute atomic E-state index is 0.0756. The molecule has 4 nitrogen and oxygen atoms in total. The zero-order valence-corrected chi connectivity index (χ0v) is 14.2. The van der Waals surface area contributed by atoms with E-state index in [4.69, 9.17) is 4.84 Å². The van der Waals surface area contributed by atoms with Crippen LogP contribution in [0.1, 0.15) is 30.9 Å². The van der Waals surface area contributed by atoms with Crippen LogP contribution in [0.2, 0.25) is 0 Å². The van der Waals surface area contributed by atoms with Gasteiger partial charge in [0.1, 0.15) is 5.82 Å². The molecule has 0 aromatic heterocycles. The first-order chi connectivity index (χ1) is 12.2. The van der Waals surface area contributed by atoms with Crippen LogP contribution in [0.25, 0.3) is 0 Å². The molecule has 0 spiro atoms.